The summed E-state index contributed by atoms with van der Waals surface area (Å²) in [5.74, 6) is -2.10. The van der Waals surface area contributed by atoms with E-state index in [1.807, 2.05) is 0 Å². The predicted octanol–water partition coefficient (Wildman–Crippen LogP) is 0.873. The van der Waals surface area contributed by atoms with E-state index in [-0.39, 0.29) is 11.5 Å². The number of benzene rings is 1. The third-order valence-corrected chi connectivity index (χ3v) is 4.29. The van der Waals surface area contributed by atoms with Crippen LogP contribution in [0.2, 0.25) is 0 Å². The van der Waals surface area contributed by atoms with Gasteiger partial charge in [0, 0.05) is 38.8 Å². The van der Waals surface area contributed by atoms with Crippen LogP contribution in [0.5, 0.6) is 0 Å². The van der Waals surface area contributed by atoms with Crippen molar-refractivity contribution in [3.8, 4) is 0 Å². The number of aryl methyl sites for hydroxylation is 1. The number of anilines is 1. The van der Waals surface area contributed by atoms with Crippen LogP contribution in [0.1, 0.15) is 20.8 Å². The van der Waals surface area contributed by atoms with Gasteiger partial charge in [0.1, 0.15) is 0 Å². The molecule has 27 heavy (non-hydrogen) atoms. The van der Waals surface area contributed by atoms with Crippen LogP contribution in [0.4, 0.5) is 10.2 Å². The average Bonchev–Trinajstić information content (AvgIpc) is 2.97. The summed E-state index contributed by atoms with van der Waals surface area (Å²) in [6.07, 6.45) is 0. The van der Waals surface area contributed by atoms with E-state index >= 15 is 0 Å². The number of amides is 2. The Morgan fingerprint density at radius 3 is 2.59 bits per heavy atom. The summed E-state index contributed by atoms with van der Waals surface area (Å²) >= 11 is 0. The van der Waals surface area contributed by atoms with E-state index in [1.54, 1.807) is 30.3 Å². The summed E-state index contributed by atoms with van der Waals surface area (Å²) in [6, 6.07) is 8.43. The first-order valence-corrected chi connectivity index (χ1v) is 8.73. The van der Waals surface area contributed by atoms with Gasteiger partial charge in [0.25, 0.3) is 11.8 Å². The quantitative estimate of drug-likeness (QED) is 0.782. The van der Waals surface area contributed by atoms with Gasteiger partial charge in [0.15, 0.2) is 17.3 Å². The Hall–Kier alpha value is -2.78. The van der Waals surface area contributed by atoms with Crippen LogP contribution >= 0.6 is 0 Å². The summed E-state index contributed by atoms with van der Waals surface area (Å²) in [7, 11) is 1.47. The van der Waals surface area contributed by atoms with Gasteiger partial charge in [-0.3, -0.25) is 14.5 Å². The molecule has 1 fully saturated rings. The van der Waals surface area contributed by atoms with E-state index in [9.17, 15) is 14.0 Å². The molecule has 0 bridgehead atoms. The number of hydrogen-bond acceptors (Lipinski definition) is 5. The number of ether oxygens (including phenoxy) is 1. The number of morpholine rings is 1. The lowest BCUT2D eigenvalue weighted by molar-refractivity contribution is 0.0383. The molecular weight excluding hydrogens is 353 g/mol. The van der Waals surface area contributed by atoms with Gasteiger partial charge < -0.3 is 15.4 Å². The predicted molar refractivity (Wildman–Crippen MR) is 97.2 cm³/mol. The van der Waals surface area contributed by atoms with Crippen molar-refractivity contribution in [3.63, 3.8) is 0 Å². The minimum atomic E-state index is -0.856. The Bertz CT molecular complexity index is 803. The van der Waals surface area contributed by atoms with Crippen molar-refractivity contribution in [2.75, 3.05) is 44.7 Å². The molecule has 2 heterocycles. The number of halogens is 1. The van der Waals surface area contributed by atoms with Crippen LogP contribution in [-0.2, 0) is 11.8 Å². The highest BCUT2D eigenvalue weighted by Gasteiger charge is 2.23. The first-order valence-electron chi connectivity index (χ1n) is 8.73. The third kappa shape index (κ3) is 4.69. The number of nitrogens with one attached hydrogen (secondary N) is 2. The Labute approximate surface area is 156 Å². The average molecular weight is 375 g/mol. The summed E-state index contributed by atoms with van der Waals surface area (Å²) < 4.78 is 21.0. The second-order valence-corrected chi connectivity index (χ2v) is 6.16. The zero-order chi connectivity index (χ0) is 19.2. The molecule has 0 atom stereocenters. The molecule has 0 saturated carbocycles. The summed E-state index contributed by atoms with van der Waals surface area (Å²) in [5, 5.41) is 9.03. The number of nitrogens with zero attached hydrogens (tertiary/aromatic N) is 3. The number of rotatable bonds is 6. The highest BCUT2D eigenvalue weighted by molar-refractivity contribution is 6.04. The monoisotopic (exact) mass is 375 g/mol. The van der Waals surface area contributed by atoms with Crippen molar-refractivity contribution in [2.45, 2.75) is 0 Å². The van der Waals surface area contributed by atoms with Gasteiger partial charge in [-0.15, -0.1) is 0 Å². The molecule has 0 radical (unpaired) electrons. The van der Waals surface area contributed by atoms with Crippen LogP contribution in [0.15, 0.2) is 30.3 Å². The third-order valence-electron chi connectivity index (χ3n) is 4.29. The highest BCUT2D eigenvalue weighted by Crippen LogP contribution is 2.18. The Morgan fingerprint density at radius 1 is 1.19 bits per heavy atom. The molecule has 0 unspecified atom stereocenters. The molecule has 1 aromatic carbocycles. The van der Waals surface area contributed by atoms with E-state index < -0.39 is 17.6 Å². The second kappa shape index (κ2) is 8.74. The van der Waals surface area contributed by atoms with Crippen LogP contribution < -0.4 is 10.6 Å². The maximum Gasteiger partial charge on any atom is 0.274 e. The first-order chi connectivity index (χ1) is 13.1. The second-order valence-electron chi connectivity index (χ2n) is 6.16. The van der Waals surface area contributed by atoms with Crippen LogP contribution in [0, 0.1) is 5.82 Å². The number of carbonyl (C=O) groups is 2. The smallest absolute Gasteiger partial charge is 0.274 e. The van der Waals surface area contributed by atoms with Gasteiger partial charge in [-0.05, 0) is 12.1 Å². The fourth-order valence-corrected chi connectivity index (χ4v) is 2.78. The molecule has 1 aliphatic heterocycles. The summed E-state index contributed by atoms with van der Waals surface area (Å²) in [5.41, 5.74) is 0.0393. The van der Waals surface area contributed by atoms with Crippen molar-refractivity contribution in [3.05, 3.63) is 47.4 Å². The van der Waals surface area contributed by atoms with Crippen molar-refractivity contribution in [2.24, 2.45) is 7.05 Å². The highest BCUT2D eigenvalue weighted by atomic mass is 19.1. The summed E-state index contributed by atoms with van der Waals surface area (Å²) in [6.45, 7) is 4.00. The van der Waals surface area contributed by atoms with Gasteiger partial charge in [0.05, 0.1) is 13.2 Å². The van der Waals surface area contributed by atoms with Gasteiger partial charge in [-0.1, -0.05) is 18.2 Å². The van der Waals surface area contributed by atoms with E-state index in [0.717, 1.165) is 17.8 Å². The van der Waals surface area contributed by atoms with Gasteiger partial charge in [-0.2, -0.15) is 5.10 Å². The minimum absolute atomic E-state index is 0.151. The molecule has 3 rings (SSSR count). The summed E-state index contributed by atoms with van der Waals surface area (Å²) in [4.78, 5) is 26.6. The molecule has 9 heteroatoms. The van der Waals surface area contributed by atoms with Crippen molar-refractivity contribution in [1.29, 1.82) is 0 Å². The first kappa shape index (κ1) is 19.0. The lowest BCUT2D eigenvalue weighted by Crippen LogP contribution is -2.41. The molecule has 0 spiro atoms. The Balaban J connectivity index is 1.60. The Kier molecular flexibility index (Phi) is 6.15. The van der Waals surface area contributed by atoms with Crippen molar-refractivity contribution >= 4 is 17.6 Å². The van der Waals surface area contributed by atoms with Gasteiger partial charge in [0.2, 0.25) is 0 Å². The van der Waals surface area contributed by atoms with Crippen molar-refractivity contribution in [1.82, 2.24) is 20.0 Å². The van der Waals surface area contributed by atoms with E-state index in [1.165, 1.54) is 7.05 Å². The van der Waals surface area contributed by atoms with E-state index in [0.29, 0.717) is 31.9 Å². The minimum Gasteiger partial charge on any atom is -0.379 e. The molecule has 0 aliphatic carbocycles. The Morgan fingerprint density at radius 2 is 1.89 bits per heavy atom. The van der Waals surface area contributed by atoms with E-state index in [4.69, 9.17) is 4.74 Å². The maximum atomic E-state index is 14.6. The molecule has 1 saturated heterocycles. The lowest BCUT2D eigenvalue weighted by atomic mass is 10.2. The number of carbonyl (C=O) groups excluding carboxylic acids is 2. The standard InChI is InChI=1S/C18H22FN5O3/c1-23-16(21-17(25)13-5-3-2-4-6-13)14(19)15(22-23)18(26)20-7-8-24-9-11-27-12-10-24/h2-6H,7-12H2,1H3,(H,20,26)(H,21,25). The SMILES string of the molecule is Cn1nc(C(=O)NCCN2CCOCC2)c(F)c1NC(=O)c1ccccc1. The molecule has 2 amide bonds. The largest absolute Gasteiger partial charge is 0.379 e. The molecule has 144 valence electrons. The van der Waals surface area contributed by atoms with Gasteiger partial charge in [-0.25, -0.2) is 9.07 Å². The lowest BCUT2D eigenvalue weighted by Gasteiger charge is -2.26. The maximum absolute atomic E-state index is 14.6. The van der Waals surface area contributed by atoms with Crippen LogP contribution in [0.3, 0.4) is 0 Å². The fraction of sp³-hybridized carbons (Fsp3) is 0.389. The molecule has 2 N–H and O–H groups in total. The number of aromatic nitrogens is 2. The van der Waals surface area contributed by atoms with Crippen LogP contribution in [0.25, 0.3) is 0 Å². The molecule has 1 aliphatic rings. The topological polar surface area (TPSA) is 88.5 Å². The van der Waals surface area contributed by atoms with Crippen molar-refractivity contribution < 1.29 is 18.7 Å². The molecule has 1 aromatic heterocycles. The number of hydrogen-bond donors (Lipinski definition) is 2. The normalized spacial score (nSPS) is 14.7. The zero-order valence-electron chi connectivity index (χ0n) is 15.1. The molecular formula is C18H22FN5O3. The zero-order valence-corrected chi connectivity index (χ0v) is 15.1. The fourth-order valence-electron chi connectivity index (χ4n) is 2.78. The van der Waals surface area contributed by atoms with Gasteiger partial charge >= 0.3 is 0 Å². The molecule has 8 nitrogen and oxygen atoms in total. The van der Waals surface area contributed by atoms with E-state index in [2.05, 4.69) is 20.6 Å². The van der Waals surface area contributed by atoms with Crippen LogP contribution in [-0.4, -0.2) is 65.9 Å². The molecule has 2 aromatic rings.